The standard InChI is InChI=1S/C25H25NO4/c27-25(28)26-14-13-21(16-26)23-12-11-22(29-17-19-7-3-1-4-8-19)15-24(23)30-18-20-9-5-2-6-10-20/h1-12,15,21H,13-14,16-18H2,(H,27,28). The van der Waals surface area contributed by atoms with E-state index in [0.29, 0.717) is 26.3 Å². The van der Waals surface area contributed by atoms with Gasteiger partial charge in [0.25, 0.3) is 0 Å². The largest absolute Gasteiger partial charge is 0.489 e. The van der Waals surface area contributed by atoms with Gasteiger partial charge in [-0.3, -0.25) is 0 Å². The normalized spacial score (nSPS) is 15.7. The first-order chi connectivity index (χ1) is 14.7. The molecule has 0 aromatic heterocycles. The van der Waals surface area contributed by atoms with Crippen molar-refractivity contribution in [1.82, 2.24) is 4.90 Å². The molecule has 4 rings (SSSR count). The number of amides is 1. The van der Waals surface area contributed by atoms with Gasteiger partial charge < -0.3 is 19.5 Å². The zero-order valence-corrected chi connectivity index (χ0v) is 16.7. The zero-order valence-electron chi connectivity index (χ0n) is 16.7. The maximum Gasteiger partial charge on any atom is 0.407 e. The van der Waals surface area contributed by atoms with Gasteiger partial charge >= 0.3 is 6.09 Å². The molecule has 1 atom stereocenters. The maximum absolute atomic E-state index is 11.3. The van der Waals surface area contributed by atoms with Crippen molar-refractivity contribution in [3.05, 3.63) is 95.6 Å². The topological polar surface area (TPSA) is 59.0 Å². The number of likely N-dealkylation sites (tertiary alicyclic amines) is 1. The van der Waals surface area contributed by atoms with Gasteiger partial charge in [0.15, 0.2) is 0 Å². The first kappa shape index (κ1) is 19.8. The Kier molecular flexibility index (Phi) is 6.18. The molecule has 5 nitrogen and oxygen atoms in total. The van der Waals surface area contributed by atoms with Crippen molar-refractivity contribution in [2.24, 2.45) is 0 Å². The predicted molar refractivity (Wildman–Crippen MR) is 115 cm³/mol. The van der Waals surface area contributed by atoms with Gasteiger partial charge in [0.2, 0.25) is 0 Å². The first-order valence-electron chi connectivity index (χ1n) is 10.1. The number of carbonyl (C=O) groups is 1. The molecule has 154 valence electrons. The third kappa shape index (κ3) is 4.92. The second kappa shape index (κ2) is 9.35. The Morgan fingerprint density at radius 1 is 0.900 bits per heavy atom. The van der Waals surface area contributed by atoms with Crippen LogP contribution in [0, 0.1) is 0 Å². The molecular weight excluding hydrogens is 378 g/mol. The summed E-state index contributed by atoms with van der Waals surface area (Å²) < 4.78 is 12.2. The number of rotatable bonds is 7. The summed E-state index contributed by atoms with van der Waals surface area (Å²) >= 11 is 0. The lowest BCUT2D eigenvalue weighted by atomic mass is 9.97. The molecule has 1 saturated heterocycles. The Bertz CT molecular complexity index is 975. The molecule has 1 heterocycles. The number of hydrogen-bond donors (Lipinski definition) is 1. The lowest BCUT2D eigenvalue weighted by Gasteiger charge is -2.18. The van der Waals surface area contributed by atoms with Crippen LogP contribution < -0.4 is 9.47 Å². The smallest absolute Gasteiger partial charge is 0.407 e. The van der Waals surface area contributed by atoms with Gasteiger partial charge in [0, 0.05) is 25.1 Å². The van der Waals surface area contributed by atoms with Crippen molar-refractivity contribution in [2.45, 2.75) is 25.6 Å². The van der Waals surface area contributed by atoms with Crippen LogP contribution >= 0.6 is 0 Å². The van der Waals surface area contributed by atoms with Crippen molar-refractivity contribution < 1.29 is 19.4 Å². The van der Waals surface area contributed by atoms with Crippen LogP contribution in [0.3, 0.4) is 0 Å². The van der Waals surface area contributed by atoms with Gasteiger partial charge in [0.05, 0.1) is 0 Å². The van der Waals surface area contributed by atoms with Gasteiger partial charge in [-0.15, -0.1) is 0 Å². The van der Waals surface area contributed by atoms with Crippen LogP contribution in [0.5, 0.6) is 11.5 Å². The third-order valence-electron chi connectivity index (χ3n) is 5.37. The summed E-state index contributed by atoms with van der Waals surface area (Å²) in [6.07, 6.45) is -0.0786. The molecule has 0 radical (unpaired) electrons. The molecular formula is C25H25NO4. The quantitative estimate of drug-likeness (QED) is 0.581. The maximum atomic E-state index is 11.3. The van der Waals surface area contributed by atoms with Crippen molar-refractivity contribution in [3.8, 4) is 11.5 Å². The van der Waals surface area contributed by atoms with E-state index in [0.717, 1.165) is 34.6 Å². The van der Waals surface area contributed by atoms with Crippen LogP contribution in [0.4, 0.5) is 4.79 Å². The molecule has 0 spiro atoms. The summed E-state index contributed by atoms with van der Waals surface area (Å²) in [6.45, 7) is 1.96. The molecule has 3 aromatic rings. The van der Waals surface area contributed by atoms with Crippen LogP contribution in [0.2, 0.25) is 0 Å². The number of benzene rings is 3. The summed E-state index contributed by atoms with van der Waals surface area (Å²) in [5, 5.41) is 9.30. The van der Waals surface area contributed by atoms with Crippen LogP contribution in [-0.4, -0.2) is 29.2 Å². The van der Waals surface area contributed by atoms with Gasteiger partial charge in [-0.25, -0.2) is 4.79 Å². The highest BCUT2D eigenvalue weighted by molar-refractivity contribution is 5.65. The molecule has 30 heavy (non-hydrogen) atoms. The van der Waals surface area contributed by atoms with E-state index in [4.69, 9.17) is 9.47 Å². The average Bonchev–Trinajstić information content (AvgIpc) is 3.28. The Labute approximate surface area is 176 Å². The molecule has 0 aliphatic carbocycles. The van der Waals surface area contributed by atoms with Crippen molar-refractivity contribution in [1.29, 1.82) is 0 Å². The number of nitrogens with zero attached hydrogens (tertiary/aromatic N) is 1. The summed E-state index contributed by atoms with van der Waals surface area (Å²) in [5.41, 5.74) is 3.21. The fraction of sp³-hybridized carbons (Fsp3) is 0.240. The second-order valence-corrected chi connectivity index (χ2v) is 7.46. The molecule has 1 N–H and O–H groups in total. The van der Waals surface area contributed by atoms with Gasteiger partial charge in [-0.1, -0.05) is 66.7 Å². The van der Waals surface area contributed by atoms with E-state index in [1.165, 1.54) is 4.90 Å². The Hall–Kier alpha value is -3.47. The second-order valence-electron chi connectivity index (χ2n) is 7.46. The predicted octanol–water partition coefficient (Wildman–Crippen LogP) is 5.31. The summed E-state index contributed by atoms with van der Waals surface area (Å²) in [6, 6.07) is 25.9. The van der Waals surface area contributed by atoms with Crippen molar-refractivity contribution >= 4 is 6.09 Å². The Morgan fingerprint density at radius 3 is 2.13 bits per heavy atom. The highest BCUT2D eigenvalue weighted by Gasteiger charge is 2.29. The van der Waals surface area contributed by atoms with E-state index >= 15 is 0 Å². The average molecular weight is 403 g/mol. The molecule has 5 heteroatoms. The first-order valence-corrected chi connectivity index (χ1v) is 10.1. The number of carboxylic acid groups (broad SMARTS) is 1. The van der Waals surface area contributed by atoms with E-state index in [1.54, 1.807) is 0 Å². The van der Waals surface area contributed by atoms with Crippen LogP contribution in [0.1, 0.15) is 29.0 Å². The van der Waals surface area contributed by atoms with Crippen molar-refractivity contribution in [3.63, 3.8) is 0 Å². The molecule has 1 unspecified atom stereocenters. The fourth-order valence-electron chi connectivity index (χ4n) is 3.73. The zero-order chi connectivity index (χ0) is 20.8. The van der Waals surface area contributed by atoms with E-state index in [9.17, 15) is 9.90 Å². The van der Waals surface area contributed by atoms with Crippen LogP contribution in [-0.2, 0) is 13.2 Å². The van der Waals surface area contributed by atoms with E-state index in [2.05, 4.69) is 0 Å². The minimum Gasteiger partial charge on any atom is -0.489 e. The van der Waals surface area contributed by atoms with Gasteiger partial charge in [-0.2, -0.15) is 0 Å². The molecule has 0 saturated carbocycles. The molecule has 1 aliphatic rings. The number of ether oxygens (including phenoxy) is 2. The monoisotopic (exact) mass is 403 g/mol. The molecule has 1 fully saturated rings. The fourth-order valence-corrected chi connectivity index (χ4v) is 3.73. The lowest BCUT2D eigenvalue weighted by Crippen LogP contribution is -2.26. The lowest BCUT2D eigenvalue weighted by molar-refractivity contribution is 0.155. The molecule has 0 bridgehead atoms. The summed E-state index contributed by atoms with van der Waals surface area (Å²) in [4.78, 5) is 12.8. The SMILES string of the molecule is O=C(O)N1CCC(c2ccc(OCc3ccccc3)cc2OCc2ccccc2)C1. The van der Waals surface area contributed by atoms with Crippen molar-refractivity contribution in [2.75, 3.05) is 13.1 Å². The molecule has 3 aromatic carbocycles. The highest BCUT2D eigenvalue weighted by atomic mass is 16.5. The molecule has 1 amide bonds. The number of hydrogen-bond acceptors (Lipinski definition) is 3. The summed E-state index contributed by atoms with van der Waals surface area (Å²) in [5.74, 6) is 1.61. The van der Waals surface area contributed by atoms with Crippen LogP contribution in [0.25, 0.3) is 0 Å². The van der Waals surface area contributed by atoms with Crippen LogP contribution in [0.15, 0.2) is 78.9 Å². The minimum absolute atomic E-state index is 0.120. The van der Waals surface area contributed by atoms with Gasteiger partial charge in [-0.05, 0) is 29.2 Å². The van der Waals surface area contributed by atoms with E-state index in [-0.39, 0.29) is 5.92 Å². The third-order valence-corrected chi connectivity index (χ3v) is 5.37. The minimum atomic E-state index is -0.868. The van der Waals surface area contributed by atoms with Gasteiger partial charge in [0.1, 0.15) is 24.7 Å². The summed E-state index contributed by atoms with van der Waals surface area (Å²) in [7, 11) is 0. The molecule has 1 aliphatic heterocycles. The van der Waals surface area contributed by atoms with E-state index in [1.807, 2.05) is 78.9 Å². The Morgan fingerprint density at radius 2 is 1.53 bits per heavy atom. The highest BCUT2D eigenvalue weighted by Crippen LogP contribution is 2.36. The van der Waals surface area contributed by atoms with E-state index < -0.39 is 6.09 Å². The Balaban J connectivity index is 1.52.